The number of para-hydroxylation sites is 1. The number of hydrogen-bond acceptors (Lipinski definition) is 8. The third kappa shape index (κ3) is 9.31. The first kappa shape index (κ1) is 37.5. The lowest BCUT2D eigenvalue weighted by atomic mass is 9.90. The van der Waals surface area contributed by atoms with Crippen LogP contribution in [0.5, 0.6) is 5.75 Å². The van der Waals surface area contributed by atoms with Crippen LogP contribution in [0, 0.1) is 5.41 Å². The van der Waals surface area contributed by atoms with Crippen LogP contribution in [-0.4, -0.2) is 99.3 Å². The molecule has 0 amide bonds. The Hall–Kier alpha value is -3.77. The van der Waals surface area contributed by atoms with Crippen molar-refractivity contribution < 1.29 is 27.4 Å². The van der Waals surface area contributed by atoms with Crippen LogP contribution in [0.1, 0.15) is 38.2 Å². The van der Waals surface area contributed by atoms with Crippen molar-refractivity contribution in [1.82, 2.24) is 14.7 Å². The standard InChI is InChI=1S/C42H49F3N4O3S/c1-41(30-48-18-7-2-8-19-48,31-52-35-16-14-32-10-3-4-11-33(32)28-35)40(50)51-27-26-47-24-22-46(23-25-47)20-9-21-49-36-12-5-6-13-38(36)53-39-17-15-34(29-37(39)49)42(43,44)45/h3-6,10-17,28-29H,2,7-9,18-27,30-31H2,1H3. The van der Waals surface area contributed by atoms with Gasteiger partial charge in [-0.15, -0.1) is 0 Å². The second-order valence-corrected chi connectivity index (χ2v) is 15.9. The number of nitrogens with zero attached hydrogens (tertiary/aromatic N) is 4. The molecule has 0 aliphatic carbocycles. The van der Waals surface area contributed by atoms with E-state index in [0.717, 1.165) is 97.1 Å². The second-order valence-electron chi connectivity index (χ2n) is 14.8. The molecule has 0 radical (unpaired) electrons. The van der Waals surface area contributed by atoms with Crippen LogP contribution in [0.15, 0.2) is 94.7 Å². The third-order valence-corrected chi connectivity index (χ3v) is 11.8. The molecule has 3 heterocycles. The first-order valence-corrected chi connectivity index (χ1v) is 19.7. The van der Waals surface area contributed by atoms with Crippen LogP contribution < -0.4 is 9.64 Å². The van der Waals surface area contributed by atoms with Gasteiger partial charge in [-0.25, -0.2) is 0 Å². The van der Waals surface area contributed by atoms with Crippen LogP contribution in [0.25, 0.3) is 10.8 Å². The monoisotopic (exact) mass is 746 g/mol. The van der Waals surface area contributed by atoms with Crippen molar-refractivity contribution in [2.24, 2.45) is 5.41 Å². The molecule has 0 spiro atoms. The molecular formula is C42H49F3N4O3S. The zero-order valence-electron chi connectivity index (χ0n) is 30.5. The van der Waals surface area contributed by atoms with Gasteiger partial charge >= 0.3 is 12.1 Å². The molecule has 0 N–H and O–H groups in total. The number of fused-ring (bicyclic) bond motifs is 3. The van der Waals surface area contributed by atoms with Crippen molar-refractivity contribution in [1.29, 1.82) is 0 Å². The summed E-state index contributed by atoms with van der Waals surface area (Å²) in [6.45, 7) is 10.8. The molecule has 4 aromatic carbocycles. The first-order chi connectivity index (χ1) is 25.6. The Morgan fingerprint density at radius 3 is 2.19 bits per heavy atom. The SMILES string of the molecule is CC(COc1ccc2ccccc2c1)(CN1CCCCC1)C(=O)OCCN1CCN(CCCN2c3ccccc3Sc3ccc(C(F)(F)F)cc32)CC1. The van der Waals surface area contributed by atoms with Crippen LogP contribution in [-0.2, 0) is 15.7 Å². The van der Waals surface area contributed by atoms with E-state index in [9.17, 15) is 18.0 Å². The highest BCUT2D eigenvalue weighted by molar-refractivity contribution is 7.99. The summed E-state index contributed by atoms with van der Waals surface area (Å²) in [5.41, 5.74) is 0.152. The van der Waals surface area contributed by atoms with Crippen LogP contribution >= 0.6 is 11.8 Å². The number of halogens is 3. The number of carbonyl (C=O) groups excluding carboxylic acids is 1. The van der Waals surface area contributed by atoms with Gasteiger partial charge in [0.25, 0.3) is 0 Å². The summed E-state index contributed by atoms with van der Waals surface area (Å²) in [4.78, 5) is 24.8. The minimum atomic E-state index is -4.39. The number of carbonyl (C=O) groups is 1. The lowest BCUT2D eigenvalue weighted by molar-refractivity contribution is -0.159. The summed E-state index contributed by atoms with van der Waals surface area (Å²) >= 11 is 1.52. The number of likely N-dealkylation sites (tertiary alicyclic amines) is 1. The van der Waals surface area contributed by atoms with Gasteiger partial charge in [-0.05, 0) is 99.1 Å². The van der Waals surface area contributed by atoms with E-state index in [4.69, 9.17) is 9.47 Å². The Labute approximate surface area is 315 Å². The van der Waals surface area contributed by atoms with E-state index in [1.54, 1.807) is 6.07 Å². The number of piperidine rings is 1. The van der Waals surface area contributed by atoms with E-state index in [1.165, 1.54) is 30.3 Å². The van der Waals surface area contributed by atoms with Crippen molar-refractivity contribution in [3.05, 3.63) is 90.5 Å². The summed E-state index contributed by atoms with van der Waals surface area (Å²) in [5.74, 6) is 0.531. The molecule has 2 saturated heterocycles. The topological polar surface area (TPSA) is 48.5 Å². The van der Waals surface area contributed by atoms with E-state index in [0.29, 0.717) is 31.9 Å². The van der Waals surface area contributed by atoms with E-state index in [1.807, 2.05) is 66.4 Å². The van der Waals surface area contributed by atoms with Crippen molar-refractivity contribution >= 4 is 39.9 Å². The molecule has 0 bridgehead atoms. The molecule has 11 heteroatoms. The van der Waals surface area contributed by atoms with Crippen molar-refractivity contribution in [2.75, 3.05) is 83.6 Å². The molecule has 3 aliphatic heterocycles. The number of piperazine rings is 1. The highest BCUT2D eigenvalue weighted by Gasteiger charge is 2.39. The van der Waals surface area contributed by atoms with E-state index in [-0.39, 0.29) is 12.6 Å². The lowest BCUT2D eigenvalue weighted by Crippen LogP contribution is -2.49. The number of hydrogen-bond donors (Lipinski definition) is 0. The quantitative estimate of drug-likeness (QED) is 0.126. The number of ether oxygens (including phenoxy) is 2. The summed E-state index contributed by atoms with van der Waals surface area (Å²) in [6.07, 6.45) is -0.0516. The van der Waals surface area contributed by atoms with Gasteiger partial charge in [0, 0.05) is 55.6 Å². The summed E-state index contributed by atoms with van der Waals surface area (Å²) < 4.78 is 53.1. The van der Waals surface area contributed by atoms with E-state index < -0.39 is 17.2 Å². The maximum absolute atomic E-state index is 13.7. The Balaban J connectivity index is 0.887. The fourth-order valence-corrected chi connectivity index (χ4v) is 8.73. The van der Waals surface area contributed by atoms with Gasteiger partial charge in [-0.1, -0.05) is 60.6 Å². The van der Waals surface area contributed by atoms with Crippen molar-refractivity contribution in [2.45, 2.75) is 48.6 Å². The van der Waals surface area contributed by atoms with Gasteiger partial charge in [0.05, 0.1) is 16.9 Å². The third-order valence-electron chi connectivity index (χ3n) is 10.7. The molecular weight excluding hydrogens is 698 g/mol. The van der Waals surface area contributed by atoms with Gasteiger partial charge in [-0.2, -0.15) is 13.2 Å². The van der Waals surface area contributed by atoms with Crippen molar-refractivity contribution in [3.8, 4) is 5.75 Å². The molecule has 1 unspecified atom stereocenters. The summed E-state index contributed by atoms with van der Waals surface area (Å²) in [6, 6.07) is 26.2. The van der Waals surface area contributed by atoms with Gasteiger partial charge < -0.3 is 24.2 Å². The van der Waals surface area contributed by atoms with E-state index in [2.05, 4.69) is 26.8 Å². The molecule has 0 saturated carbocycles. The maximum atomic E-state index is 13.7. The average Bonchev–Trinajstić information content (AvgIpc) is 3.17. The van der Waals surface area contributed by atoms with Gasteiger partial charge in [0.2, 0.25) is 0 Å². The molecule has 282 valence electrons. The highest BCUT2D eigenvalue weighted by atomic mass is 32.2. The number of rotatable bonds is 13. The zero-order valence-corrected chi connectivity index (χ0v) is 31.3. The zero-order chi connectivity index (χ0) is 36.8. The largest absolute Gasteiger partial charge is 0.492 e. The Bertz CT molecular complexity index is 1860. The molecule has 0 aromatic heterocycles. The molecule has 3 aliphatic rings. The Morgan fingerprint density at radius 1 is 0.717 bits per heavy atom. The van der Waals surface area contributed by atoms with Crippen LogP contribution in [0.4, 0.5) is 24.5 Å². The summed E-state index contributed by atoms with van der Waals surface area (Å²) in [5, 5.41) is 2.25. The smallest absolute Gasteiger partial charge is 0.416 e. The maximum Gasteiger partial charge on any atom is 0.416 e. The molecule has 53 heavy (non-hydrogen) atoms. The number of esters is 1. The van der Waals surface area contributed by atoms with E-state index >= 15 is 0 Å². The number of alkyl halides is 3. The second kappa shape index (κ2) is 16.7. The number of anilines is 2. The first-order valence-electron chi connectivity index (χ1n) is 18.9. The number of benzene rings is 4. The van der Waals surface area contributed by atoms with Gasteiger partial charge in [-0.3, -0.25) is 9.69 Å². The van der Waals surface area contributed by atoms with Gasteiger partial charge in [0.1, 0.15) is 24.4 Å². The average molecular weight is 747 g/mol. The highest BCUT2D eigenvalue weighted by Crippen LogP contribution is 2.49. The fourth-order valence-electron chi connectivity index (χ4n) is 7.66. The minimum absolute atomic E-state index is 0.218. The lowest BCUT2D eigenvalue weighted by Gasteiger charge is -2.37. The Morgan fingerprint density at radius 2 is 1.42 bits per heavy atom. The predicted octanol–water partition coefficient (Wildman–Crippen LogP) is 8.58. The van der Waals surface area contributed by atoms with Crippen molar-refractivity contribution in [3.63, 3.8) is 0 Å². The van der Waals surface area contributed by atoms with Gasteiger partial charge in [0.15, 0.2) is 0 Å². The predicted molar refractivity (Wildman–Crippen MR) is 205 cm³/mol. The molecule has 1 atom stereocenters. The Kier molecular flexibility index (Phi) is 11.8. The molecule has 7 nitrogen and oxygen atoms in total. The normalized spacial score (nSPS) is 18.3. The summed E-state index contributed by atoms with van der Waals surface area (Å²) in [7, 11) is 0. The fraction of sp³-hybridized carbons (Fsp3) is 0.452. The molecule has 4 aromatic rings. The molecule has 2 fully saturated rings. The van der Waals surface area contributed by atoms with Crippen LogP contribution in [0.2, 0.25) is 0 Å². The van der Waals surface area contributed by atoms with Crippen LogP contribution in [0.3, 0.4) is 0 Å². The molecule has 7 rings (SSSR count). The minimum Gasteiger partial charge on any atom is -0.492 e.